The lowest BCUT2D eigenvalue weighted by Gasteiger charge is -2.08. The number of benzene rings is 3. The van der Waals surface area contributed by atoms with Gasteiger partial charge in [-0.1, -0.05) is 100 Å². The van der Waals surface area contributed by atoms with Crippen molar-refractivity contribution in [2.45, 2.75) is 39.5 Å². The molecule has 0 bridgehead atoms. The van der Waals surface area contributed by atoms with E-state index in [9.17, 15) is 9.59 Å². The summed E-state index contributed by atoms with van der Waals surface area (Å²) in [5, 5.41) is 0. The van der Waals surface area contributed by atoms with Crippen molar-refractivity contribution in [1.29, 1.82) is 0 Å². The second-order valence-corrected chi connectivity index (χ2v) is 7.79. The lowest BCUT2D eigenvalue weighted by atomic mass is 9.95. The highest BCUT2D eigenvalue weighted by Gasteiger charge is 2.13. The minimum atomic E-state index is -0.0319. The van der Waals surface area contributed by atoms with Gasteiger partial charge in [-0.05, 0) is 23.0 Å². The first-order valence-corrected chi connectivity index (χ1v) is 9.76. The maximum atomic E-state index is 12.7. The Kier molecular flexibility index (Phi) is 5.89. The van der Waals surface area contributed by atoms with Gasteiger partial charge in [0.1, 0.15) is 0 Å². The predicted molar refractivity (Wildman–Crippen MR) is 114 cm³/mol. The van der Waals surface area contributed by atoms with E-state index in [4.69, 9.17) is 0 Å². The first-order valence-electron chi connectivity index (χ1n) is 9.76. The Morgan fingerprint density at radius 1 is 0.464 bits per heavy atom. The van der Waals surface area contributed by atoms with Crippen LogP contribution < -0.4 is 0 Å². The summed E-state index contributed by atoms with van der Waals surface area (Å²) in [6.45, 7) is 8.51. The van der Waals surface area contributed by atoms with Crippen LogP contribution in [0.4, 0.5) is 0 Å². The summed E-state index contributed by atoms with van der Waals surface area (Å²) >= 11 is 0. The highest BCUT2D eigenvalue weighted by molar-refractivity contribution is 6.11. The molecular weight excluding hydrogens is 344 g/mol. The average Bonchev–Trinajstić information content (AvgIpc) is 2.73. The third-order valence-electron chi connectivity index (χ3n) is 5.09. The first kappa shape index (κ1) is 19.8. The second kappa shape index (κ2) is 8.35. The molecule has 0 radical (unpaired) electrons. The van der Waals surface area contributed by atoms with Crippen molar-refractivity contribution in [2.75, 3.05) is 0 Å². The zero-order valence-corrected chi connectivity index (χ0v) is 16.9. The summed E-state index contributed by atoms with van der Waals surface area (Å²) in [4.78, 5) is 25.4. The van der Waals surface area contributed by atoms with Crippen molar-refractivity contribution in [2.24, 2.45) is 0 Å². The van der Waals surface area contributed by atoms with Gasteiger partial charge in [0.05, 0.1) is 0 Å². The van der Waals surface area contributed by atoms with E-state index in [1.165, 1.54) is 11.1 Å². The number of ketones is 2. The van der Waals surface area contributed by atoms with Crippen LogP contribution in [0.2, 0.25) is 0 Å². The highest BCUT2D eigenvalue weighted by atomic mass is 16.1. The fourth-order valence-electron chi connectivity index (χ4n) is 3.15. The molecule has 3 aromatic rings. The van der Waals surface area contributed by atoms with Crippen molar-refractivity contribution in [1.82, 2.24) is 0 Å². The van der Waals surface area contributed by atoms with Crippen molar-refractivity contribution in [3.05, 3.63) is 106 Å². The molecule has 0 unspecified atom stereocenters. The molecule has 0 saturated carbocycles. The molecule has 0 aliphatic rings. The minimum Gasteiger partial charge on any atom is -0.289 e. The molecule has 28 heavy (non-hydrogen) atoms. The van der Waals surface area contributed by atoms with Gasteiger partial charge in [-0.2, -0.15) is 0 Å². The summed E-state index contributed by atoms with van der Waals surface area (Å²) in [5.41, 5.74) is 4.91. The van der Waals surface area contributed by atoms with Crippen molar-refractivity contribution < 1.29 is 9.59 Å². The molecule has 2 nitrogen and oxygen atoms in total. The van der Waals surface area contributed by atoms with Gasteiger partial charge >= 0.3 is 0 Å². The molecule has 0 amide bonds. The van der Waals surface area contributed by atoms with Crippen LogP contribution in [0.3, 0.4) is 0 Å². The van der Waals surface area contributed by atoms with E-state index in [0.29, 0.717) is 34.1 Å². The van der Waals surface area contributed by atoms with Gasteiger partial charge in [0.2, 0.25) is 0 Å². The summed E-state index contributed by atoms with van der Waals surface area (Å²) < 4.78 is 0. The number of carbonyl (C=O) groups excluding carboxylic acids is 2. The minimum absolute atomic E-state index is 0.0319. The van der Waals surface area contributed by atoms with E-state index in [1.807, 2.05) is 48.5 Å². The van der Waals surface area contributed by atoms with Gasteiger partial charge in [0, 0.05) is 22.3 Å². The van der Waals surface area contributed by atoms with Crippen LogP contribution in [0.15, 0.2) is 72.8 Å². The third-order valence-corrected chi connectivity index (χ3v) is 5.09. The van der Waals surface area contributed by atoms with E-state index in [1.54, 1.807) is 24.3 Å². The van der Waals surface area contributed by atoms with Gasteiger partial charge < -0.3 is 0 Å². The number of carbonyl (C=O) groups is 2. The Labute approximate surface area is 167 Å². The predicted octanol–water partition coefficient (Wildman–Crippen LogP) is 6.40. The van der Waals surface area contributed by atoms with E-state index < -0.39 is 0 Å². The molecule has 0 aliphatic heterocycles. The Hall–Kier alpha value is -3.00. The van der Waals surface area contributed by atoms with Crippen molar-refractivity contribution in [3.63, 3.8) is 0 Å². The molecule has 142 valence electrons. The van der Waals surface area contributed by atoms with Crippen LogP contribution >= 0.6 is 0 Å². The van der Waals surface area contributed by atoms with Crippen LogP contribution in [-0.4, -0.2) is 11.6 Å². The summed E-state index contributed by atoms with van der Waals surface area (Å²) in [6, 6.07) is 22.4. The lowest BCUT2D eigenvalue weighted by Crippen LogP contribution is -2.05. The normalized spacial score (nSPS) is 11.1. The maximum Gasteiger partial charge on any atom is 0.193 e. The largest absolute Gasteiger partial charge is 0.289 e. The smallest absolute Gasteiger partial charge is 0.193 e. The highest BCUT2D eigenvalue weighted by Crippen LogP contribution is 2.19. The summed E-state index contributed by atoms with van der Waals surface area (Å²) in [6.07, 6.45) is 0. The Bertz CT molecular complexity index is 878. The Balaban J connectivity index is 1.76. The van der Waals surface area contributed by atoms with E-state index in [0.717, 1.165) is 0 Å². The quantitative estimate of drug-likeness (QED) is 0.471. The average molecular weight is 370 g/mol. The second-order valence-electron chi connectivity index (χ2n) is 7.79. The van der Waals surface area contributed by atoms with Crippen molar-refractivity contribution in [3.8, 4) is 0 Å². The van der Waals surface area contributed by atoms with E-state index in [2.05, 4.69) is 27.7 Å². The van der Waals surface area contributed by atoms with Crippen LogP contribution in [-0.2, 0) is 0 Å². The zero-order chi connectivity index (χ0) is 20.3. The SMILES string of the molecule is CC(C)c1ccc(C(=O)c2ccc(C(=O)c3ccc(C(C)C)cc3)cc2)cc1. The molecule has 0 atom stereocenters. The standard InChI is InChI=1S/C26H26O2/c1-17(2)19-5-9-21(10-6-19)25(27)23-13-15-24(16-14-23)26(28)22-11-7-20(8-12-22)18(3)4/h5-18H,1-4H3. The van der Waals surface area contributed by atoms with Crippen LogP contribution in [0.1, 0.15) is 82.5 Å². The summed E-state index contributed by atoms with van der Waals surface area (Å²) in [7, 11) is 0. The molecule has 3 aromatic carbocycles. The van der Waals surface area contributed by atoms with Gasteiger partial charge in [-0.25, -0.2) is 0 Å². The molecule has 3 rings (SSSR count). The molecule has 0 spiro atoms. The van der Waals surface area contributed by atoms with Crippen molar-refractivity contribution >= 4 is 11.6 Å². The van der Waals surface area contributed by atoms with Gasteiger partial charge in [-0.3, -0.25) is 9.59 Å². The summed E-state index contributed by atoms with van der Waals surface area (Å²) in [5.74, 6) is 0.805. The molecular formula is C26H26O2. The first-order chi connectivity index (χ1) is 13.4. The molecule has 0 aromatic heterocycles. The van der Waals surface area contributed by atoms with Gasteiger partial charge in [-0.15, -0.1) is 0 Å². The maximum absolute atomic E-state index is 12.7. The molecule has 2 heteroatoms. The van der Waals surface area contributed by atoms with E-state index in [-0.39, 0.29) is 11.6 Å². The zero-order valence-electron chi connectivity index (χ0n) is 16.9. The molecule has 0 aliphatic carbocycles. The lowest BCUT2D eigenvalue weighted by molar-refractivity contribution is 0.102. The van der Waals surface area contributed by atoms with Gasteiger partial charge in [0.25, 0.3) is 0 Å². The monoisotopic (exact) mass is 370 g/mol. The number of rotatable bonds is 6. The fourth-order valence-corrected chi connectivity index (χ4v) is 3.15. The van der Waals surface area contributed by atoms with Crippen LogP contribution in [0, 0.1) is 0 Å². The molecule has 0 heterocycles. The topological polar surface area (TPSA) is 34.1 Å². The number of hydrogen-bond acceptors (Lipinski definition) is 2. The third kappa shape index (κ3) is 4.28. The molecule has 0 fully saturated rings. The molecule has 0 N–H and O–H groups in total. The number of hydrogen-bond donors (Lipinski definition) is 0. The fraction of sp³-hybridized carbons (Fsp3) is 0.231. The Morgan fingerprint density at radius 2 is 0.679 bits per heavy atom. The Morgan fingerprint density at radius 3 is 0.893 bits per heavy atom. The van der Waals surface area contributed by atoms with Crippen LogP contribution in [0.5, 0.6) is 0 Å². The van der Waals surface area contributed by atoms with Crippen LogP contribution in [0.25, 0.3) is 0 Å². The van der Waals surface area contributed by atoms with E-state index >= 15 is 0 Å². The molecule has 0 saturated heterocycles. The van der Waals surface area contributed by atoms with Gasteiger partial charge in [0.15, 0.2) is 11.6 Å².